The van der Waals surface area contributed by atoms with E-state index in [9.17, 15) is 9.59 Å². The summed E-state index contributed by atoms with van der Waals surface area (Å²) in [6.45, 7) is 12.0. The summed E-state index contributed by atoms with van der Waals surface area (Å²) in [4.78, 5) is 27.2. The fraction of sp³-hybridized carbons (Fsp3) is 0.560. The number of nitrogens with one attached hydrogen (secondary N) is 2. The smallest absolute Gasteiger partial charge is 0.226 e. The average molecular weight is 440 g/mol. The maximum absolute atomic E-state index is 12.6. The maximum Gasteiger partial charge on any atom is 0.226 e. The number of anilines is 1. The Labute approximate surface area is 191 Å². The van der Waals surface area contributed by atoms with Crippen molar-refractivity contribution >= 4 is 17.6 Å². The van der Waals surface area contributed by atoms with Gasteiger partial charge in [-0.2, -0.15) is 5.10 Å². The monoisotopic (exact) mass is 439 g/mol. The molecule has 1 aromatic heterocycles. The minimum Gasteiger partial charge on any atom is -0.355 e. The number of rotatable bonds is 8. The zero-order valence-corrected chi connectivity index (χ0v) is 19.9. The van der Waals surface area contributed by atoms with Crippen molar-refractivity contribution in [2.24, 2.45) is 0 Å². The second-order valence-corrected chi connectivity index (χ2v) is 9.72. The van der Waals surface area contributed by atoms with Gasteiger partial charge in [0.1, 0.15) is 5.82 Å². The molecule has 1 aromatic carbocycles. The van der Waals surface area contributed by atoms with Crippen LogP contribution in [0.25, 0.3) is 5.69 Å². The SMILES string of the molecule is Cc1cccc(-n2nc(C(C)(C)C)cc2NC(=O)CCC(=O)NCCN2CCCCC2)c1. The van der Waals surface area contributed by atoms with E-state index in [1.54, 1.807) is 4.68 Å². The molecule has 7 nitrogen and oxygen atoms in total. The van der Waals surface area contributed by atoms with Crippen LogP contribution in [0.4, 0.5) is 5.82 Å². The van der Waals surface area contributed by atoms with E-state index >= 15 is 0 Å². The fourth-order valence-corrected chi connectivity index (χ4v) is 3.85. The molecule has 0 saturated carbocycles. The third-order valence-corrected chi connectivity index (χ3v) is 5.77. The number of carbonyl (C=O) groups is 2. The number of likely N-dealkylation sites (tertiary alicyclic amines) is 1. The highest BCUT2D eigenvalue weighted by atomic mass is 16.2. The van der Waals surface area contributed by atoms with Crippen molar-refractivity contribution in [3.63, 3.8) is 0 Å². The van der Waals surface area contributed by atoms with E-state index in [0.29, 0.717) is 12.4 Å². The van der Waals surface area contributed by atoms with Crippen LogP contribution in [0.1, 0.15) is 64.1 Å². The zero-order valence-electron chi connectivity index (χ0n) is 19.9. The van der Waals surface area contributed by atoms with Crippen LogP contribution in [0.2, 0.25) is 0 Å². The Hall–Kier alpha value is -2.67. The highest BCUT2D eigenvalue weighted by molar-refractivity contribution is 5.92. The van der Waals surface area contributed by atoms with Gasteiger partial charge in [-0.05, 0) is 50.6 Å². The van der Waals surface area contributed by atoms with Gasteiger partial charge in [0.25, 0.3) is 0 Å². The quantitative estimate of drug-likeness (QED) is 0.656. The van der Waals surface area contributed by atoms with Crippen LogP contribution in [0.5, 0.6) is 0 Å². The Kier molecular flexibility index (Phi) is 8.07. The van der Waals surface area contributed by atoms with Gasteiger partial charge in [0, 0.05) is 37.4 Å². The van der Waals surface area contributed by atoms with Crippen molar-refractivity contribution in [3.05, 3.63) is 41.6 Å². The van der Waals surface area contributed by atoms with Crippen molar-refractivity contribution in [3.8, 4) is 5.69 Å². The van der Waals surface area contributed by atoms with Gasteiger partial charge in [0.2, 0.25) is 11.8 Å². The summed E-state index contributed by atoms with van der Waals surface area (Å²) in [7, 11) is 0. The van der Waals surface area contributed by atoms with Crippen molar-refractivity contribution in [2.45, 2.75) is 65.2 Å². The van der Waals surface area contributed by atoms with Gasteiger partial charge in [-0.3, -0.25) is 9.59 Å². The molecule has 3 rings (SSSR count). The second kappa shape index (κ2) is 10.8. The minimum atomic E-state index is -0.189. The summed E-state index contributed by atoms with van der Waals surface area (Å²) in [6, 6.07) is 9.92. The van der Waals surface area contributed by atoms with E-state index in [0.717, 1.165) is 36.6 Å². The summed E-state index contributed by atoms with van der Waals surface area (Å²) in [6.07, 6.45) is 4.10. The molecule has 0 atom stereocenters. The zero-order chi connectivity index (χ0) is 23.1. The van der Waals surface area contributed by atoms with E-state index in [1.165, 1.54) is 19.3 Å². The van der Waals surface area contributed by atoms with Gasteiger partial charge in [-0.25, -0.2) is 4.68 Å². The molecule has 0 radical (unpaired) electrons. The number of aryl methyl sites for hydroxylation is 1. The number of piperidine rings is 1. The van der Waals surface area contributed by atoms with Crippen LogP contribution >= 0.6 is 0 Å². The number of carbonyl (C=O) groups excluding carboxylic acids is 2. The van der Waals surface area contributed by atoms with E-state index in [-0.39, 0.29) is 30.1 Å². The number of hydrogen-bond donors (Lipinski definition) is 2. The molecule has 0 aliphatic carbocycles. The third-order valence-electron chi connectivity index (χ3n) is 5.77. The molecule has 1 aliphatic rings. The lowest BCUT2D eigenvalue weighted by Gasteiger charge is -2.26. The Morgan fingerprint density at radius 3 is 2.44 bits per heavy atom. The van der Waals surface area contributed by atoms with E-state index in [4.69, 9.17) is 5.10 Å². The van der Waals surface area contributed by atoms with E-state index < -0.39 is 0 Å². The first kappa shape index (κ1) is 24.0. The van der Waals surface area contributed by atoms with Crippen molar-refractivity contribution < 1.29 is 9.59 Å². The van der Waals surface area contributed by atoms with Crippen molar-refractivity contribution in [1.82, 2.24) is 20.0 Å². The van der Waals surface area contributed by atoms with Gasteiger partial charge in [-0.15, -0.1) is 0 Å². The summed E-state index contributed by atoms with van der Waals surface area (Å²) >= 11 is 0. The van der Waals surface area contributed by atoms with E-state index in [2.05, 4.69) is 36.3 Å². The Bertz CT molecular complexity index is 923. The van der Waals surface area contributed by atoms with Crippen LogP contribution < -0.4 is 10.6 Å². The molecule has 0 unspecified atom stereocenters. The van der Waals surface area contributed by atoms with Crippen LogP contribution in [-0.2, 0) is 15.0 Å². The molecule has 1 saturated heterocycles. The largest absolute Gasteiger partial charge is 0.355 e. The van der Waals surface area contributed by atoms with Gasteiger partial charge < -0.3 is 15.5 Å². The number of nitrogens with zero attached hydrogens (tertiary/aromatic N) is 3. The average Bonchev–Trinajstić information content (AvgIpc) is 3.17. The van der Waals surface area contributed by atoms with Gasteiger partial charge in [0.05, 0.1) is 11.4 Å². The molecular weight excluding hydrogens is 402 g/mol. The lowest BCUT2D eigenvalue weighted by Crippen LogP contribution is -2.37. The molecule has 2 heterocycles. The van der Waals surface area contributed by atoms with Crippen LogP contribution in [0, 0.1) is 6.92 Å². The molecule has 2 aromatic rings. The first-order valence-corrected chi connectivity index (χ1v) is 11.7. The Balaban J connectivity index is 1.55. The van der Waals surface area contributed by atoms with Gasteiger partial charge >= 0.3 is 0 Å². The number of aromatic nitrogens is 2. The van der Waals surface area contributed by atoms with Gasteiger partial charge in [0.15, 0.2) is 0 Å². The highest BCUT2D eigenvalue weighted by Gasteiger charge is 2.21. The molecule has 1 fully saturated rings. The lowest BCUT2D eigenvalue weighted by atomic mass is 9.92. The molecule has 0 bridgehead atoms. The van der Waals surface area contributed by atoms with Crippen molar-refractivity contribution in [1.29, 1.82) is 0 Å². The summed E-state index contributed by atoms with van der Waals surface area (Å²) < 4.78 is 1.77. The maximum atomic E-state index is 12.6. The minimum absolute atomic E-state index is 0.0836. The second-order valence-electron chi connectivity index (χ2n) is 9.72. The molecule has 7 heteroatoms. The number of amides is 2. The van der Waals surface area contributed by atoms with Crippen LogP contribution in [0.15, 0.2) is 30.3 Å². The summed E-state index contributed by atoms with van der Waals surface area (Å²) in [5.74, 6) is 0.348. The standard InChI is InChI=1S/C25H37N5O2/c1-19-9-8-10-20(17-19)30-22(18-21(28-30)25(2,3)4)27-24(32)12-11-23(31)26-13-16-29-14-6-5-7-15-29/h8-10,17-18H,5-7,11-16H2,1-4H3,(H,26,31)(H,27,32). The highest BCUT2D eigenvalue weighted by Crippen LogP contribution is 2.26. The normalized spacial score (nSPS) is 14.9. The predicted molar refractivity (Wildman–Crippen MR) is 128 cm³/mol. The summed E-state index contributed by atoms with van der Waals surface area (Å²) in [5, 5.41) is 10.6. The Morgan fingerprint density at radius 1 is 1.03 bits per heavy atom. The molecule has 174 valence electrons. The first-order chi connectivity index (χ1) is 15.2. The van der Waals surface area contributed by atoms with Crippen LogP contribution in [-0.4, -0.2) is 52.7 Å². The fourth-order valence-electron chi connectivity index (χ4n) is 3.85. The molecule has 1 aliphatic heterocycles. The molecule has 2 N–H and O–H groups in total. The predicted octanol–water partition coefficient (Wildman–Crippen LogP) is 3.80. The van der Waals surface area contributed by atoms with Gasteiger partial charge in [-0.1, -0.05) is 39.3 Å². The molecule has 2 amide bonds. The van der Waals surface area contributed by atoms with Crippen LogP contribution in [0.3, 0.4) is 0 Å². The number of benzene rings is 1. The molecular formula is C25H37N5O2. The van der Waals surface area contributed by atoms with E-state index in [1.807, 2.05) is 37.3 Å². The summed E-state index contributed by atoms with van der Waals surface area (Å²) in [5.41, 5.74) is 2.76. The lowest BCUT2D eigenvalue weighted by molar-refractivity contribution is -0.124. The molecule has 32 heavy (non-hydrogen) atoms. The van der Waals surface area contributed by atoms with Crippen molar-refractivity contribution in [2.75, 3.05) is 31.5 Å². The topological polar surface area (TPSA) is 79.3 Å². The first-order valence-electron chi connectivity index (χ1n) is 11.7. The number of hydrogen-bond acceptors (Lipinski definition) is 4. The third kappa shape index (κ3) is 6.92. The molecule has 0 spiro atoms. The Morgan fingerprint density at radius 2 is 1.75 bits per heavy atom.